The van der Waals surface area contributed by atoms with Gasteiger partial charge in [0.05, 0.1) is 6.61 Å². The maximum absolute atomic E-state index is 11.4. The largest absolute Gasteiger partial charge is 0.460 e. The molecule has 0 radical (unpaired) electrons. The molecule has 0 aromatic rings. The molecule has 1 saturated carbocycles. The van der Waals surface area contributed by atoms with Gasteiger partial charge in [-0.05, 0) is 32.1 Å². The van der Waals surface area contributed by atoms with E-state index < -0.39 is 18.2 Å². The van der Waals surface area contributed by atoms with Crippen molar-refractivity contribution in [1.29, 1.82) is 0 Å². The fourth-order valence-electron chi connectivity index (χ4n) is 1.83. The Balaban J connectivity index is 2.44. The van der Waals surface area contributed by atoms with Gasteiger partial charge in [-0.15, -0.1) is 0 Å². The number of carbonyl (C=O) groups excluding carboxylic acids is 1. The second-order valence-electron chi connectivity index (χ2n) is 4.73. The van der Waals surface area contributed by atoms with Gasteiger partial charge in [-0.25, -0.2) is 4.79 Å². The molecular weight excluding hydrogens is 196 g/mol. The molecule has 15 heavy (non-hydrogen) atoms. The van der Waals surface area contributed by atoms with E-state index in [0.717, 1.165) is 19.3 Å². The lowest BCUT2D eigenvalue weighted by atomic mass is 9.88. The molecule has 1 aliphatic carbocycles. The highest BCUT2D eigenvalue weighted by Gasteiger charge is 2.34. The molecule has 0 spiro atoms. The van der Waals surface area contributed by atoms with Crippen molar-refractivity contribution in [3.63, 3.8) is 0 Å². The van der Waals surface area contributed by atoms with Crippen LogP contribution in [-0.2, 0) is 9.53 Å². The molecule has 1 unspecified atom stereocenters. The Morgan fingerprint density at radius 1 is 1.53 bits per heavy atom. The van der Waals surface area contributed by atoms with E-state index in [9.17, 15) is 9.90 Å². The van der Waals surface area contributed by atoms with E-state index in [0.29, 0.717) is 5.92 Å². The van der Waals surface area contributed by atoms with Crippen LogP contribution in [0.5, 0.6) is 0 Å². The zero-order valence-electron chi connectivity index (χ0n) is 9.40. The monoisotopic (exact) mass is 216 g/mol. The van der Waals surface area contributed by atoms with Crippen LogP contribution in [0.3, 0.4) is 0 Å². The van der Waals surface area contributed by atoms with Gasteiger partial charge >= 0.3 is 5.97 Å². The third-order valence-corrected chi connectivity index (χ3v) is 2.91. The molecule has 4 heteroatoms. The van der Waals surface area contributed by atoms with Gasteiger partial charge in [0, 0.05) is 0 Å². The third kappa shape index (κ3) is 3.47. The molecule has 1 fully saturated rings. The zero-order valence-corrected chi connectivity index (χ0v) is 9.40. The van der Waals surface area contributed by atoms with Crippen LogP contribution in [0.1, 0.15) is 39.5 Å². The van der Waals surface area contributed by atoms with Crippen LogP contribution in [0, 0.1) is 5.92 Å². The van der Waals surface area contributed by atoms with Crippen molar-refractivity contribution in [2.75, 3.05) is 6.61 Å². The Morgan fingerprint density at radius 2 is 2.20 bits per heavy atom. The van der Waals surface area contributed by atoms with Crippen LogP contribution in [0.15, 0.2) is 0 Å². The highest BCUT2D eigenvalue weighted by Crippen LogP contribution is 2.26. The number of carbonyl (C=O) groups is 1. The van der Waals surface area contributed by atoms with Gasteiger partial charge in [0.25, 0.3) is 0 Å². The molecule has 4 nitrogen and oxygen atoms in total. The van der Waals surface area contributed by atoms with E-state index in [4.69, 9.17) is 9.84 Å². The number of ether oxygens (including phenoxy) is 1. The van der Waals surface area contributed by atoms with E-state index in [-0.39, 0.29) is 6.10 Å². The van der Waals surface area contributed by atoms with Gasteiger partial charge < -0.3 is 14.9 Å². The van der Waals surface area contributed by atoms with Crippen molar-refractivity contribution in [3.8, 4) is 0 Å². The van der Waals surface area contributed by atoms with Gasteiger partial charge in [0.15, 0.2) is 5.60 Å². The van der Waals surface area contributed by atoms with Crippen LogP contribution in [-0.4, -0.2) is 34.5 Å². The van der Waals surface area contributed by atoms with Gasteiger partial charge in [0.2, 0.25) is 0 Å². The highest BCUT2D eigenvalue weighted by atomic mass is 16.6. The topological polar surface area (TPSA) is 66.8 Å². The molecule has 0 heterocycles. The first-order valence-electron chi connectivity index (χ1n) is 5.50. The molecule has 0 aromatic heterocycles. The zero-order chi connectivity index (χ0) is 11.5. The van der Waals surface area contributed by atoms with Crippen molar-refractivity contribution in [3.05, 3.63) is 0 Å². The van der Waals surface area contributed by atoms with Crippen molar-refractivity contribution >= 4 is 5.97 Å². The summed E-state index contributed by atoms with van der Waals surface area (Å²) in [7, 11) is 0. The molecule has 1 rings (SSSR count). The minimum atomic E-state index is -1.76. The number of hydrogen-bond acceptors (Lipinski definition) is 4. The Kier molecular flexibility index (Phi) is 4.11. The number of esters is 1. The fraction of sp³-hybridized carbons (Fsp3) is 0.909. The predicted molar refractivity (Wildman–Crippen MR) is 55.2 cm³/mol. The molecule has 0 amide bonds. The summed E-state index contributed by atoms with van der Waals surface area (Å²) in [4.78, 5) is 11.4. The second kappa shape index (κ2) is 4.94. The standard InChI is InChI=1S/C11H20O4/c1-8-4-3-5-9(6-8)15-10(13)11(2,14)7-12/h8-9,12,14H,3-7H2,1-2H3/t8-,9+,11?/m1/s1. The van der Waals surface area contributed by atoms with Crippen molar-refractivity contribution in [2.45, 2.75) is 51.2 Å². The van der Waals surface area contributed by atoms with Gasteiger partial charge in [-0.1, -0.05) is 13.3 Å². The van der Waals surface area contributed by atoms with Crippen LogP contribution in [0.2, 0.25) is 0 Å². The molecular formula is C11H20O4. The van der Waals surface area contributed by atoms with Crippen LogP contribution < -0.4 is 0 Å². The second-order valence-corrected chi connectivity index (χ2v) is 4.73. The van der Waals surface area contributed by atoms with Crippen molar-refractivity contribution in [2.24, 2.45) is 5.92 Å². The van der Waals surface area contributed by atoms with Crippen LogP contribution in [0.4, 0.5) is 0 Å². The number of aliphatic hydroxyl groups is 2. The fourth-order valence-corrected chi connectivity index (χ4v) is 1.83. The van der Waals surface area contributed by atoms with E-state index in [2.05, 4.69) is 6.92 Å². The number of hydrogen-bond donors (Lipinski definition) is 2. The van der Waals surface area contributed by atoms with Crippen molar-refractivity contribution in [1.82, 2.24) is 0 Å². The Bertz CT molecular complexity index is 225. The molecule has 0 saturated heterocycles. The van der Waals surface area contributed by atoms with Crippen molar-refractivity contribution < 1.29 is 19.7 Å². The van der Waals surface area contributed by atoms with E-state index in [1.807, 2.05) is 0 Å². The molecule has 2 N–H and O–H groups in total. The van der Waals surface area contributed by atoms with Crippen LogP contribution in [0.25, 0.3) is 0 Å². The number of aliphatic hydroxyl groups excluding tert-OH is 1. The van der Waals surface area contributed by atoms with E-state index in [1.54, 1.807) is 0 Å². The Labute approximate surface area is 90.2 Å². The smallest absolute Gasteiger partial charge is 0.340 e. The average Bonchev–Trinajstić information content (AvgIpc) is 2.17. The molecule has 0 bridgehead atoms. The minimum absolute atomic E-state index is 0.0979. The Hall–Kier alpha value is -0.610. The van der Waals surface area contributed by atoms with Crippen LogP contribution >= 0.6 is 0 Å². The highest BCUT2D eigenvalue weighted by molar-refractivity contribution is 5.79. The van der Waals surface area contributed by atoms with Gasteiger partial charge in [-0.3, -0.25) is 0 Å². The first-order valence-corrected chi connectivity index (χ1v) is 5.50. The summed E-state index contributed by atoms with van der Waals surface area (Å²) in [6.07, 6.45) is 3.84. The summed E-state index contributed by atoms with van der Waals surface area (Å²) in [5.74, 6) is -0.153. The minimum Gasteiger partial charge on any atom is -0.460 e. The predicted octanol–water partition coefficient (Wildman–Crippen LogP) is 0.852. The summed E-state index contributed by atoms with van der Waals surface area (Å²) < 4.78 is 5.17. The summed E-state index contributed by atoms with van der Waals surface area (Å²) >= 11 is 0. The molecule has 88 valence electrons. The maximum atomic E-state index is 11.4. The molecule has 3 atom stereocenters. The average molecular weight is 216 g/mol. The number of rotatable bonds is 3. The lowest BCUT2D eigenvalue weighted by molar-refractivity contribution is -0.175. The summed E-state index contributed by atoms with van der Waals surface area (Å²) in [6.45, 7) is 2.79. The lowest BCUT2D eigenvalue weighted by Crippen LogP contribution is -2.42. The molecule has 1 aliphatic rings. The van der Waals surface area contributed by atoms with E-state index in [1.165, 1.54) is 13.3 Å². The normalized spacial score (nSPS) is 30.7. The molecule has 0 aliphatic heterocycles. The quantitative estimate of drug-likeness (QED) is 0.686. The first-order chi connectivity index (χ1) is 6.95. The van der Waals surface area contributed by atoms with E-state index >= 15 is 0 Å². The molecule has 0 aromatic carbocycles. The lowest BCUT2D eigenvalue weighted by Gasteiger charge is -2.29. The first kappa shape index (κ1) is 12.5. The third-order valence-electron chi connectivity index (χ3n) is 2.91. The summed E-state index contributed by atoms with van der Waals surface area (Å²) in [5.41, 5.74) is -1.76. The van der Waals surface area contributed by atoms with Gasteiger partial charge in [0.1, 0.15) is 6.10 Å². The summed E-state index contributed by atoms with van der Waals surface area (Å²) in [6, 6.07) is 0. The SMILES string of the molecule is C[C@@H]1CCC[C@H](OC(=O)C(C)(O)CO)C1. The summed E-state index contributed by atoms with van der Waals surface area (Å²) in [5, 5.41) is 18.3. The van der Waals surface area contributed by atoms with Gasteiger partial charge in [-0.2, -0.15) is 0 Å². The Morgan fingerprint density at radius 3 is 2.73 bits per heavy atom. The maximum Gasteiger partial charge on any atom is 0.340 e.